The second-order valence-electron chi connectivity index (χ2n) is 10.2. The van der Waals surface area contributed by atoms with Gasteiger partial charge in [0.15, 0.2) is 11.9 Å². The number of carbonyl (C=O) groups is 3. The van der Waals surface area contributed by atoms with E-state index in [4.69, 9.17) is 9.47 Å². The maximum atomic E-state index is 12.4. The van der Waals surface area contributed by atoms with Crippen molar-refractivity contribution < 1.29 is 29.0 Å². The summed E-state index contributed by atoms with van der Waals surface area (Å²) >= 11 is 0. The van der Waals surface area contributed by atoms with Gasteiger partial charge in [0.1, 0.15) is 11.9 Å². The summed E-state index contributed by atoms with van der Waals surface area (Å²) in [7, 11) is 0. The molecular weight excluding hydrogens is 458 g/mol. The molecule has 0 radical (unpaired) electrons. The number of allylic oxidation sites excluding steroid dienone is 6. The summed E-state index contributed by atoms with van der Waals surface area (Å²) in [4.78, 5) is 38.1. The SMILES string of the molecule is CC(C)=CCC[C@](C)(/C=C/[C@@H](OC(=O)C=C(C)C)[C@](C)(O)/C=C/C(=O)/C=C/N1CCOCC1)CC=O. The summed E-state index contributed by atoms with van der Waals surface area (Å²) in [5.74, 6) is -0.897. The van der Waals surface area contributed by atoms with E-state index >= 15 is 0 Å². The number of carbonyl (C=O) groups excluding carboxylic acids is 3. The van der Waals surface area contributed by atoms with E-state index in [1.807, 2.05) is 31.7 Å². The summed E-state index contributed by atoms with van der Waals surface area (Å²) in [6, 6.07) is 0. The van der Waals surface area contributed by atoms with Crippen molar-refractivity contribution >= 4 is 18.0 Å². The molecule has 36 heavy (non-hydrogen) atoms. The molecule has 0 aromatic heterocycles. The summed E-state index contributed by atoms with van der Waals surface area (Å²) < 4.78 is 10.9. The number of ketones is 1. The Labute approximate surface area is 216 Å². The minimum Gasteiger partial charge on any atom is -0.452 e. The number of hydrogen-bond donors (Lipinski definition) is 1. The van der Waals surface area contributed by atoms with E-state index in [0.717, 1.165) is 18.3 Å². The maximum Gasteiger partial charge on any atom is 0.331 e. The molecule has 0 aliphatic carbocycles. The maximum absolute atomic E-state index is 12.4. The van der Waals surface area contributed by atoms with Gasteiger partial charge in [0.05, 0.1) is 13.2 Å². The van der Waals surface area contributed by atoms with Crippen LogP contribution in [-0.4, -0.2) is 66.1 Å². The Morgan fingerprint density at radius 2 is 1.72 bits per heavy atom. The highest BCUT2D eigenvalue weighted by molar-refractivity contribution is 5.99. The number of rotatable bonds is 14. The van der Waals surface area contributed by atoms with Crippen molar-refractivity contribution in [1.29, 1.82) is 0 Å². The topological polar surface area (TPSA) is 93.1 Å². The molecule has 1 N–H and O–H groups in total. The quantitative estimate of drug-likeness (QED) is 0.162. The average Bonchev–Trinajstić information content (AvgIpc) is 2.79. The molecule has 0 spiro atoms. The number of aldehydes is 1. The molecule has 0 aromatic rings. The minimum atomic E-state index is -1.66. The first-order chi connectivity index (χ1) is 16.9. The molecule has 0 bridgehead atoms. The molecule has 1 aliphatic rings. The largest absolute Gasteiger partial charge is 0.452 e. The van der Waals surface area contributed by atoms with Crippen molar-refractivity contribution in [3.8, 4) is 0 Å². The average molecular weight is 502 g/mol. The lowest BCUT2D eigenvalue weighted by atomic mass is 9.81. The Morgan fingerprint density at radius 1 is 1.06 bits per heavy atom. The van der Waals surface area contributed by atoms with Crippen molar-refractivity contribution in [2.45, 2.75) is 72.5 Å². The third-order valence-electron chi connectivity index (χ3n) is 5.80. The highest BCUT2D eigenvalue weighted by Crippen LogP contribution is 2.30. The molecular formula is C29H43NO6. The van der Waals surface area contributed by atoms with Crippen molar-refractivity contribution in [3.05, 3.63) is 59.9 Å². The highest BCUT2D eigenvalue weighted by atomic mass is 16.6. The second-order valence-corrected chi connectivity index (χ2v) is 10.2. The van der Waals surface area contributed by atoms with Gasteiger partial charge in [0, 0.05) is 37.9 Å². The summed E-state index contributed by atoms with van der Waals surface area (Å²) in [5.41, 5.74) is -0.187. The zero-order valence-electron chi connectivity index (χ0n) is 22.7. The van der Waals surface area contributed by atoms with Gasteiger partial charge in [-0.3, -0.25) is 4.79 Å². The number of morpholine rings is 1. The predicted octanol–water partition coefficient (Wildman–Crippen LogP) is 4.48. The Kier molecular flexibility index (Phi) is 13.3. The zero-order chi connectivity index (χ0) is 27.2. The molecule has 7 nitrogen and oxygen atoms in total. The lowest BCUT2D eigenvalue weighted by molar-refractivity contribution is -0.148. The van der Waals surface area contributed by atoms with Crippen LogP contribution >= 0.6 is 0 Å². The van der Waals surface area contributed by atoms with E-state index in [2.05, 4.69) is 6.08 Å². The van der Waals surface area contributed by atoms with Crippen molar-refractivity contribution in [2.75, 3.05) is 26.3 Å². The molecule has 0 saturated carbocycles. The fourth-order valence-corrected chi connectivity index (χ4v) is 3.51. The summed E-state index contributed by atoms with van der Waals surface area (Å²) in [6.45, 7) is 13.7. The van der Waals surface area contributed by atoms with Gasteiger partial charge >= 0.3 is 5.97 Å². The van der Waals surface area contributed by atoms with Gasteiger partial charge in [0.25, 0.3) is 0 Å². The van der Waals surface area contributed by atoms with Gasteiger partial charge in [-0.25, -0.2) is 4.79 Å². The molecule has 0 aromatic carbocycles. The Morgan fingerprint density at radius 3 is 2.31 bits per heavy atom. The molecule has 1 fully saturated rings. The number of esters is 1. The van der Waals surface area contributed by atoms with Crippen molar-refractivity contribution in [1.82, 2.24) is 4.90 Å². The molecule has 1 aliphatic heterocycles. The van der Waals surface area contributed by atoms with E-state index in [-0.39, 0.29) is 12.2 Å². The van der Waals surface area contributed by atoms with Crippen molar-refractivity contribution in [2.24, 2.45) is 5.41 Å². The molecule has 3 atom stereocenters. The van der Waals surface area contributed by atoms with Gasteiger partial charge in [-0.15, -0.1) is 0 Å². The summed E-state index contributed by atoms with van der Waals surface area (Å²) in [5, 5.41) is 11.2. The Bertz CT molecular complexity index is 881. The lowest BCUT2D eigenvalue weighted by Gasteiger charge is -2.29. The number of nitrogens with zero attached hydrogens (tertiary/aromatic N) is 1. The standard InChI is InChI=1S/C29H43NO6/c1-23(2)8-7-12-28(5,15-19-31)13-10-26(36-27(33)22-24(3)4)29(6,34)14-9-25(32)11-16-30-17-20-35-21-18-30/h8-11,13-14,16,19,22,26,34H,7,12,15,17-18,20-21H2,1-6H3/b13-10+,14-9+,16-11+/t26-,28-,29-/m1/s1. The molecule has 1 saturated heterocycles. The first-order valence-electron chi connectivity index (χ1n) is 12.4. The van der Waals surface area contributed by atoms with E-state index in [1.54, 1.807) is 26.1 Å². The third-order valence-corrected chi connectivity index (χ3v) is 5.80. The smallest absolute Gasteiger partial charge is 0.331 e. The van der Waals surface area contributed by atoms with Gasteiger partial charge < -0.3 is 24.3 Å². The normalized spacial score (nSPS) is 18.5. The van der Waals surface area contributed by atoms with Crippen LogP contribution in [0.1, 0.15) is 60.8 Å². The first-order valence-corrected chi connectivity index (χ1v) is 12.4. The van der Waals surface area contributed by atoms with Crippen LogP contribution in [0.4, 0.5) is 0 Å². The molecule has 0 amide bonds. The number of aliphatic hydroxyl groups is 1. The van der Waals surface area contributed by atoms with Crippen molar-refractivity contribution in [3.63, 3.8) is 0 Å². The van der Waals surface area contributed by atoms with Crippen LogP contribution in [0.2, 0.25) is 0 Å². The monoisotopic (exact) mass is 501 g/mol. The van der Waals surface area contributed by atoms with Gasteiger partial charge in [0.2, 0.25) is 0 Å². The fraction of sp³-hybridized carbons (Fsp3) is 0.552. The first kappa shape index (κ1) is 31.3. The highest BCUT2D eigenvalue weighted by Gasteiger charge is 2.32. The van der Waals surface area contributed by atoms with E-state index in [0.29, 0.717) is 32.7 Å². The number of hydrogen-bond acceptors (Lipinski definition) is 7. The van der Waals surface area contributed by atoms with Crippen LogP contribution in [0, 0.1) is 5.41 Å². The lowest BCUT2D eigenvalue weighted by Crippen LogP contribution is -2.39. The Balaban J connectivity index is 3.11. The van der Waals surface area contributed by atoms with E-state index in [9.17, 15) is 19.5 Å². The minimum absolute atomic E-state index is 0.289. The van der Waals surface area contributed by atoms with Crippen LogP contribution in [0.15, 0.2) is 59.9 Å². The molecule has 7 heteroatoms. The van der Waals surface area contributed by atoms with Gasteiger partial charge in [-0.2, -0.15) is 0 Å². The summed E-state index contributed by atoms with van der Waals surface area (Å²) in [6.07, 6.45) is 14.2. The second kappa shape index (κ2) is 15.4. The molecule has 1 heterocycles. The molecule has 1 rings (SSSR count). The third kappa shape index (κ3) is 12.8. The van der Waals surface area contributed by atoms with Gasteiger partial charge in [-0.1, -0.05) is 30.2 Å². The van der Waals surface area contributed by atoms with Crippen LogP contribution in [0.5, 0.6) is 0 Å². The Hall–Kier alpha value is -2.77. The van der Waals surface area contributed by atoms with E-state index < -0.39 is 23.1 Å². The van der Waals surface area contributed by atoms with Crippen LogP contribution < -0.4 is 0 Å². The van der Waals surface area contributed by atoms with E-state index in [1.165, 1.54) is 36.8 Å². The zero-order valence-corrected chi connectivity index (χ0v) is 22.7. The van der Waals surface area contributed by atoms with Crippen LogP contribution in [0.25, 0.3) is 0 Å². The van der Waals surface area contributed by atoms with Gasteiger partial charge in [-0.05, 0) is 71.1 Å². The predicted molar refractivity (Wildman–Crippen MR) is 142 cm³/mol. The van der Waals surface area contributed by atoms with Crippen LogP contribution in [-0.2, 0) is 23.9 Å². The number of ether oxygens (including phenoxy) is 2. The molecule has 200 valence electrons. The molecule has 0 unspecified atom stereocenters. The fourth-order valence-electron chi connectivity index (χ4n) is 3.51. The van der Waals surface area contributed by atoms with Crippen LogP contribution in [0.3, 0.4) is 0 Å².